The lowest BCUT2D eigenvalue weighted by Crippen LogP contribution is -2.33. The third kappa shape index (κ3) is 4.22. The van der Waals surface area contributed by atoms with Gasteiger partial charge in [0.05, 0.1) is 24.3 Å². The number of benzene rings is 1. The summed E-state index contributed by atoms with van der Waals surface area (Å²) in [5, 5.41) is 9.57. The average molecular weight is 399 g/mol. The topological polar surface area (TPSA) is 88.0 Å². The second-order valence-electron chi connectivity index (χ2n) is 6.09. The van der Waals surface area contributed by atoms with Crippen LogP contribution in [-0.2, 0) is 0 Å². The summed E-state index contributed by atoms with van der Waals surface area (Å²) in [6.45, 7) is 1.85. The molecule has 4 rings (SSSR count). The fourth-order valence-corrected chi connectivity index (χ4v) is 3.79. The van der Waals surface area contributed by atoms with Crippen LogP contribution in [0.5, 0.6) is 0 Å². The van der Waals surface area contributed by atoms with E-state index < -0.39 is 11.8 Å². The van der Waals surface area contributed by atoms with E-state index in [0.29, 0.717) is 17.2 Å². The number of nitrogens with zero attached hydrogens (tertiary/aromatic N) is 5. The van der Waals surface area contributed by atoms with Gasteiger partial charge in [-0.1, -0.05) is 6.07 Å². The predicted molar refractivity (Wildman–Crippen MR) is 108 cm³/mol. The van der Waals surface area contributed by atoms with Crippen LogP contribution in [0.3, 0.4) is 0 Å². The first-order valence-corrected chi connectivity index (χ1v) is 9.86. The molecule has 3 aromatic rings. The zero-order valence-electron chi connectivity index (χ0n) is 14.9. The first kappa shape index (κ1) is 18.2. The summed E-state index contributed by atoms with van der Waals surface area (Å²) in [6, 6.07) is 5.20. The van der Waals surface area contributed by atoms with E-state index in [9.17, 15) is 9.18 Å². The van der Waals surface area contributed by atoms with Crippen molar-refractivity contribution in [2.24, 2.45) is 0 Å². The van der Waals surface area contributed by atoms with Crippen molar-refractivity contribution in [3.63, 3.8) is 0 Å². The highest BCUT2D eigenvalue weighted by molar-refractivity contribution is 7.99. The summed E-state index contributed by atoms with van der Waals surface area (Å²) >= 11 is 1.92. The summed E-state index contributed by atoms with van der Waals surface area (Å²) in [4.78, 5) is 22.9. The average Bonchev–Trinajstić information content (AvgIpc) is 3.17. The highest BCUT2D eigenvalue weighted by Gasteiger charge is 2.18. The Hall–Kier alpha value is -3.14. The van der Waals surface area contributed by atoms with Gasteiger partial charge in [-0.3, -0.25) is 0 Å². The van der Waals surface area contributed by atoms with Crippen LogP contribution in [0.15, 0.2) is 49.2 Å². The number of carbonyl (C=O) groups is 1. The number of amides is 2. The van der Waals surface area contributed by atoms with Gasteiger partial charge in [-0.05, 0) is 18.2 Å². The molecular formula is C18H18FN7OS. The quantitative estimate of drug-likeness (QED) is 0.701. The SMILES string of the molecule is O=C(Nc1cccc(F)c1)Nc1cnn(-c2ncncc2N2CCSCC2)c1. The third-order valence-corrected chi connectivity index (χ3v) is 5.11. The van der Waals surface area contributed by atoms with Gasteiger partial charge in [0, 0.05) is 30.3 Å². The minimum absolute atomic E-state index is 0.367. The Morgan fingerprint density at radius 2 is 1.96 bits per heavy atom. The summed E-state index contributed by atoms with van der Waals surface area (Å²) in [5.74, 6) is 2.35. The number of halogens is 1. The van der Waals surface area contributed by atoms with Gasteiger partial charge >= 0.3 is 6.03 Å². The van der Waals surface area contributed by atoms with E-state index in [2.05, 4.69) is 30.6 Å². The van der Waals surface area contributed by atoms with E-state index >= 15 is 0 Å². The zero-order valence-corrected chi connectivity index (χ0v) is 15.7. The largest absolute Gasteiger partial charge is 0.366 e. The Kier molecular flexibility index (Phi) is 5.38. The number of hydrogen-bond acceptors (Lipinski definition) is 6. The summed E-state index contributed by atoms with van der Waals surface area (Å²) < 4.78 is 14.8. The maximum Gasteiger partial charge on any atom is 0.323 e. The van der Waals surface area contributed by atoms with Crippen LogP contribution >= 0.6 is 11.8 Å². The minimum atomic E-state index is -0.485. The maximum absolute atomic E-state index is 13.2. The first-order valence-electron chi connectivity index (χ1n) is 8.70. The number of nitrogens with one attached hydrogen (secondary N) is 2. The van der Waals surface area contributed by atoms with Crippen LogP contribution in [-0.4, -0.2) is 50.4 Å². The fourth-order valence-electron chi connectivity index (χ4n) is 2.88. The van der Waals surface area contributed by atoms with Gasteiger partial charge in [0.2, 0.25) is 0 Å². The Bertz CT molecular complexity index is 974. The molecule has 0 unspecified atom stereocenters. The summed E-state index contributed by atoms with van der Waals surface area (Å²) in [7, 11) is 0. The van der Waals surface area contributed by atoms with E-state index in [1.807, 2.05) is 11.8 Å². The molecule has 0 saturated carbocycles. The normalized spacial score (nSPS) is 14.0. The molecule has 0 radical (unpaired) electrons. The molecule has 2 amide bonds. The molecule has 8 nitrogen and oxygen atoms in total. The van der Waals surface area contributed by atoms with Crippen LogP contribution in [0, 0.1) is 5.82 Å². The molecule has 2 N–H and O–H groups in total. The first-order chi connectivity index (χ1) is 13.7. The lowest BCUT2D eigenvalue weighted by atomic mass is 10.3. The Morgan fingerprint density at radius 3 is 2.79 bits per heavy atom. The second kappa shape index (κ2) is 8.26. The van der Waals surface area contributed by atoms with Crippen molar-refractivity contribution < 1.29 is 9.18 Å². The minimum Gasteiger partial charge on any atom is -0.366 e. The standard InChI is InChI=1S/C18H18FN7OS/c19-13-2-1-3-14(8-13)23-18(27)24-15-9-22-26(11-15)17-16(10-20-12-21-17)25-4-6-28-7-5-25/h1-3,8-12H,4-7H2,(H2,23,24,27). The molecule has 1 aromatic carbocycles. The molecule has 3 heterocycles. The van der Waals surface area contributed by atoms with Gasteiger partial charge in [-0.2, -0.15) is 16.9 Å². The second-order valence-corrected chi connectivity index (χ2v) is 7.32. The maximum atomic E-state index is 13.2. The highest BCUT2D eigenvalue weighted by atomic mass is 32.2. The van der Waals surface area contributed by atoms with Gasteiger partial charge in [-0.15, -0.1) is 0 Å². The zero-order chi connectivity index (χ0) is 19.3. The van der Waals surface area contributed by atoms with Gasteiger partial charge in [0.25, 0.3) is 0 Å². The van der Waals surface area contributed by atoms with Crippen molar-refractivity contribution in [1.82, 2.24) is 19.7 Å². The summed E-state index contributed by atoms with van der Waals surface area (Å²) in [6.07, 6.45) is 6.46. The third-order valence-electron chi connectivity index (χ3n) is 4.16. The molecule has 1 aliphatic heterocycles. The van der Waals surface area contributed by atoms with Crippen molar-refractivity contribution in [2.75, 3.05) is 40.1 Å². The molecule has 2 aromatic heterocycles. The fraction of sp³-hybridized carbons (Fsp3) is 0.222. The predicted octanol–water partition coefficient (Wildman–Crippen LogP) is 3.00. The lowest BCUT2D eigenvalue weighted by molar-refractivity contribution is 0.262. The Labute approximate surface area is 165 Å². The monoisotopic (exact) mass is 399 g/mol. The lowest BCUT2D eigenvalue weighted by Gasteiger charge is -2.29. The molecule has 10 heteroatoms. The van der Waals surface area contributed by atoms with Crippen molar-refractivity contribution in [1.29, 1.82) is 0 Å². The number of urea groups is 1. The molecule has 0 atom stereocenters. The van der Waals surface area contributed by atoms with E-state index in [-0.39, 0.29) is 0 Å². The van der Waals surface area contributed by atoms with E-state index in [1.165, 1.54) is 30.7 Å². The molecular weight excluding hydrogens is 381 g/mol. The number of anilines is 3. The summed E-state index contributed by atoms with van der Waals surface area (Å²) in [5.41, 5.74) is 1.76. The van der Waals surface area contributed by atoms with Gasteiger partial charge in [0.1, 0.15) is 17.8 Å². The molecule has 1 fully saturated rings. The smallest absolute Gasteiger partial charge is 0.323 e. The van der Waals surface area contributed by atoms with E-state index in [4.69, 9.17) is 0 Å². The van der Waals surface area contributed by atoms with Gasteiger partial charge in [0.15, 0.2) is 5.82 Å². The van der Waals surface area contributed by atoms with Crippen LogP contribution in [0.25, 0.3) is 5.82 Å². The molecule has 28 heavy (non-hydrogen) atoms. The van der Waals surface area contributed by atoms with Crippen molar-refractivity contribution in [3.8, 4) is 5.82 Å². The van der Waals surface area contributed by atoms with Crippen LogP contribution in [0.4, 0.5) is 26.2 Å². The molecule has 1 aliphatic rings. The Balaban J connectivity index is 1.48. The van der Waals surface area contributed by atoms with Crippen molar-refractivity contribution in [2.45, 2.75) is 0 Å². The number of hydrogen-bond donors (Lipinski definition) is 2. The van der Waals surface area contributed by atoms with Crippen LogP contribution in [0.1, 0.15) is 0 Å². The van der Waals surface area contributed by atoms with E-state index in [1.54, 1.807) is 23.1 Å². The van der Waals surface area contributed by atoms with Crippen molar-refractivity contribution >= 4 is 34.9 Å². The highest BCUT2D eigenvalue weighted by Crippen LogP contribution is 2.24. The molecule has 0 spiro atoms. The Morgan fingerprint density at radius 1 is 1.14 bits per heavy atom. The molecule has 1 saturated heterocycles. The number of thioether (sulfide) groups is 1. The number of carbonyl (C=O) groups excluding carboxylic acids is 1. The van der Waals surface area contributed by atoms with Crippen molar-refractivity contribution in [3.05, 3.63) is 55.0 Å². The van der Waals surface area contributed by atoms with E-state index in [0.717, 1.165) is 30.3 Å². The van der Waals surface area contributed by atoms with Crippen LogP contribution < -0.4 is 15.5 Å². The molecule has 144 valence electrons. The van der Waals surface area contributed by atoms with Crippen LogP contribution in [0.2, 0.25) is 0 Å². The molecule has 0 bridgehead atoms. The molecule has 0 aliphatic carbocycles. The number of rotatable bonds is 4. The van der Waals surface area contributed by atoms with Gasteiger partial charge < -0.3 is 15.5 Å². The van der Waals surface area contributed by atoms with Gasteiger partial charge in [-0.25, -0.2) is 23.8 Å². The number of aromatic nitrogens is 4.